The molecule has 1 aromatic heterocycles. The maximum atomic E-state index is 12.4. The van der Waals surface area contributed by atoms with Crippen LogP contribution in [0.2, 0.25) is 0 Å². The molecule has 1 saturated heterocycles. The molecular weight excluding hydrogens is 332 g/mol. The van der Waals surface area contributed by atoms with Crippen LogP contribution in [0.3, 0.4) is 0 Å². The molecule has 0 bridgehead atoms. The van der Waals surface area contributed by atoms with Gasteiger partial charge in [-0.05, 0) is 67.1 Å². The minimum Gasteiger partial charge on any atom is -0.444 e. The van der Waals surface area contributed by atoms with Gasteiger partial charge in [0, 0.05) is 35.4 Å². The zero-order valence-corrected chi connectivity index (χ0v) is 14.3. The van der Waals surface area contributed by atoms with Gasteiger partial charge in [-0.15, -0.1) is 0 Å². The molecular formula is C16H21BrN2O2. The maximum absolute atomic E-state index is 12.4. The Bertz CT molecular complexity index is 568. The van der Waals surface area contributed by atoms with E-state index in [-0.39, 0.29) is 12.1 Å². The van der Waals surface area contributed by atoms with Crippen molar-refractivity contribution in [2.45, 2.75) is 51.7 Å². The summed E-state index contributed by atoms with van der Waals surface area (Å²) in [7, 11) is 0. The third-order valence-electron chi connectivity index (χ3n) is 4.22. The van der Waals surface area contributed by atoms with Gasteiger partial charge in [0.2, 0.25) is 0 Å². The Labute approximate surface area is 134 Å². The minimum atomic E-state index is -0.440. The van der Waals surface area contributed by atoms with Gasteiger partial charge in [0.25, 0.3) is 0 Å². The van der Waals surface area contributed by atoms with Crippen LogP contribution in [0.4, 0.5) is 4.79 Å². The van der Waals surface area contributed by atoms with Crippen molar-refractivity contribution < 1.29 is 9.53 Å². The summed E-state index contributed by atoms with van der Waals surface area (Å²) in [6, 6.07) is 2.40. The van der Waals surface area contributed by atoms with Gasteiger partial charge in [0.1, 0.15) is 5.60 Å². The summed E-state index contributed by atoms with van der Waals surface area (Å²) in [5, 5.41) is 0. The molecule has 2 atom stereocenters. The molecule has 0 spiro atoms. The smallest absolute Gasteiger partial charge is 0.410 e. The molecule has 2 heterocycles. The molecule has 0 N–H and O–H groups in total. The molecule has 0 radical (unpaired) electrons. The van der Waals surface area contributed by atoms with Crippen molar-refractivity contribution in [3.8, 4) is 0 Å². The molecule has 2 unspecified atom stereocenters. The number of pyridine rings is 1. The number of nitrogens with zero attached hydrogens (tertiary/aromatic N) is 2. The van der Waals surface area contributed by atoms with Crippen molar-refractivity contribution in [3.63, 3.8) is 0 Å². The summed E-state index contributed by atoms with van der Waals surface area (Å²) < 4.78 is 6.57. The van der Waals surface area contributed by atoms with E-state index in [4.69, 9.17) is 4.74 Å². The van der Waals surface area contributed by atoms with Gasteiger partial charge in [-0.2, -0.15) is 0 Å². The van der Waals surface area contributed by atoms with Gasteiger partial charge in [0.05, 0.1) is 0 Å². The number of ether oxygens (including phenoxy) is 1. The first-order valence-electron chi connectivity index (χ1n) is 7.46. The molecule has 1 aromatic rings. The van der Waals surface area contributed by atoms with Gasteiger partial charge in [-0.25, -0.2) is 4.79 Å². The predicted molar refractivity (Wildman–Crippen MR) is 84.2 cm³/mol. The van der Waals surface area contributed by atoms with E-state index in [0.717, 1.165) is 36.0 Å². The quantitative estimate of drug-likeness (QED) is 0.716. The maximum Gasteiger partial charge on any atom is 0.410 e. The number of rotatable bonds is 0. The Hall–Kier alpha value is -1.10. The Kier molecular flexibility index (Phi) is 3.72. The lowest BCUT2D eigenvalue weighted by Crippen LogP contribution is -2.44. The molecule has 1 aliphatic carbocycles. The van der Waals surface area contributed by atoms with Crippen molar-refractivity contribution in [2.24, 2.45) is 5.92 Å². The highest BCUT2D eigenvalue weighted by Gasteiger charge is 2.42. The first-order valence-corrected chi connectivity index (χ1v) is 8.26. The average molecular weight is 353 g/mol. The lowest BCUT2D eigenvalue weighted by atomic mass is 9.83. The van der Waals surface area contributed by atoms with Crippen LogP contribution in [0.15, 0.2) is 16.7 Å². The Morgan fingerprint density at radius 3 is 2.90 bits per heavy atom. The van der Waals surface area contributed by atoms with Gasteiger partial charge in [-0.1, -0.05) is 0 Å². The molecule has 1 fully saturated rings. The average Bonchev–Trinajstić information content (AvgIpc) is 2.76. The third-order valence-corrected chi connectivity index (χ3v) is 4.66. The van der Waals surface area contributed by atoms with Crippen LogP contribution in [0.25, 0.3) is 0 Å². The number of carbonyl (C=O) groups is 1. The second-order valence-electron chi connectivity index (χ2n) is 6.96. The highest BCUT2D eigenvalue weighted by atomic mass is 79.9. The first-order chi connectivity index (χ1) is 9.83. The van der Waals surface area contributed by atoms with E-state index in [2.05, 4.69) is 27.0 Å². The molecule has 0 saturated carbocycles. The monoisotopic (exact) mass is 352 g/mol. The SMILES string of the molecule is CC(C)(C)OC(=O)N1CCC2Cc3cc(Br)cnc3CC21. The molecule has 21 heavy (non-hydrogen) atoms. The van der Waals surface area contributed by atoms with Gasteiger partial charge in [0.15, 0.2) is 0 Å². The fraction of sp³-hybridized carbons (Fsp3) is 0.625. The fourth-order valence-corrected chi connectivity index (χ4v) is 3.71. The van der Waals surface area contributed by atoms with Gasteiger partial charge >= 0.3 is 6.09 Å². The van der Waals surface area contributed by atoms with E-state index in [0.29, 0.717) is 5.92 Å². The second-order valence-corrected chi connectivity index (χ2v) is 7.87. The van der Waals surface area contributed by atoms with Crippen molar-refractivity contribution >= 4 is 22.0 Å². The first kappa shape index (κ1) is 14.8. The third kappa shape index (κ3) is 3.07. The van der Waals surface area contributed by atoms with Crippen LogP contribution in [0, 0.1) is 5.92 Å². The Morgan fingerprint density at radius 1 is 1.43 bits per heavy atom. The van der Waals surface area contributed by atoms with E-state index in [1.165, 1.54) is 5.56 Å². The zero-order valence-electron chi connectivity index (χ0n) is 12.7. The van der Waals surface area contributed by atoms with E-state index in [1.807, 2.05) is 31.9 Å². The topological polar surface area (TPSA) is 42.4 Å². The van der Waals surface area contributed by atoms with E-state index < -0.39 is 5.60 Å². The number of hydrogen-bond acceptors (Lipinski definition) is 3. The number of halogens is 1. The molecule has 1 amide bonds. The lowest BCUT2D eigenvalue weighted by molar-refractivity contribution is 0.0202. The summed E-state index contributed by atoms with van der Waals surface area (Å²) in [6.45, 7) is 6.52. The van der Waals surface area contributed by atoms with Gasteiger partial charge in [-0.3, -0.25) is 4.98 Å². The van der Waals surface area contributed by atoms with Crippen molar-refractivity contribution in [1.82, 2.24) is 9.88 Å². The standard InChI is InChI=1S/C16H21BrN2O2/c1-16(2,3)21-15(20)19-5-4-10-6-11-7-12(17)9-18-13(11)8-14(10)19/h7,9-10,14H,4-6,8H2,1-3H3. The molecule has 4 nitrogen and oxygen atoms in total. The number of likely N-dealkylation sites (tertiary alicyclic amines) is 1. The fourth-order valence-electron chi connectivity index (χ4n) is 3.33. The number of hydrogen-bond donors (Lipinski definition) is 0. The number of fused-ring (bicyclic) bond motifs is 2. The largest absolute Gasteiger partial charge is 0.444 e. The highest BCUT2D eigenvalue weighted by Crippen LogP contribution is 2.36. The Balaban J connectivity index is 1.78. The van der Waals surface area contributed by atoms with E-state index in [1.54, 1.807) is 0 Å². The number of aromatic nitrogens is 1. The van der Waals surface area contributed by atoms with Gasteiger partial charge < -0.3 is 9.64 Å². The molecule has 5 heteroatoms. The Morgan fingerprint density at radius 2 is 2.19 bits per heavy atom. The van der Waals surface area contributed by atoms with Crippen molar-refractivity contribution in [1.29, 1.82) is 0 Å². The van der Waals surface area contributed by atoms with Crippen LogP contribution in [0.5, 0.6) is 0 Å². The highest BCUT2D eigenvalue weighted by molar-refractivity contribution is 9.10. The summed E-state index contributed by atoms with van der Waals surface area (Å²) in [6.07, 6.45) is 4.55. The van der Waals surface area contributed by atoms with Crippen molar-refractivity contribution in [2.75, 3.05) is 6.54 Å². The van der Waals surface area contributed by atoms with Crippen LogP contribution in [-0.4, -0.2) is 34.2 Å². The molecule has 0 aromatic carbocycles. The summed E-state index contributed by atoms with van der Waals surface area (Å²) in [4.78, 5) is 18.8. The van der Waals surface area contributed by atoms with Crippen LogP contribution >= 0.6 is 15.9 Å². The van der Waals surface area contributed by atoms with Crippen molar-refractivity contribution in [3.05, 3.63) is 28.0 Å². The number of amides is 1. The minimum absolute atomic E-state index is 0.185. The normalized spacial score (nSPS) is 24.5. The molecule has 3 rings (SSSR count). The second kappa shape index (κ2) is 5.27. The van der Waals surface area contributed by atoms with Crippen LogP contribution < -0.4 is 0 Å². The van der Waals surface area contributed by atoms with E-state index in [9.17, 15) is 4.79 Å². The summed E-state index contributed by atoms with van der Waals surface area (Å²) in [5.41, 5.74) is 2.00. The van der Waals surface area contributed by atoms with Crippen LogP contribution in [-0.2, 0) is 17.6 Å². The van der Waals surface area contributed by atoms with E-state index >= 15 is 0 Å². The summed E-state index contributed by atoms with van der Waals surface area (Å²) in [5.74, 6) is 0.529. The molecule has 2 aliphatic rings. The zero-order chi connectivity index (χ0) is 15.2. The van der Waals surface area contributed by atoms with Crippen LogP contribution in [0.1, 0.15) is 38.4 Å². The summed E-state index contributed by atoms with van der Waals surface area (Å²) >= 11 is 3.48. The predicted octanol–water partition coefficient (Wildman–Crippen LogP) is 3.57. The number of carbonyl (C=O) groups excluding carboxylic acids is 1. The molecule has 1 aliphatic heterocycles. The molecule has 114 valence electrons. The lowest BCUT2D eigenvalue weighted by Gasteiger charge is -2.33.